The molecule has 20 heavy (non-hydrogen) atoms. The quantitative estimate of drug-likeness (QED) is 0.536. The minimum atomic E-state index is -0.550. The van der Waals surface area contributed by atoms with Crippen LogP contribution >= 0.6 is 0 Å². The topological polar surface area (TPSA) is 43.4 Å². The van der Waals surface area contributed by atoms with Gasteiger partial charge in [0.1, 0.15) is 0 Å². The summed E-state index contributed by atoms with van der Waals surface area (Å²) in [7, 11) is 0. The van der Waals surface area contributed by atoms with Gasteiger partial charge in [-0.25, -0.2) is 9.59 Å². The fraction of sp³-hybridized carbons (Fsp3) is 0.176. The molecule has 0 radical (unpaired) electrons. The van der Waals surface area contributed by atoms with Gasteiger partial charge in [-0.15, -0.1) is 0 Å². The van der Waals surface area contributed by atoms with Crippen LogP contribution in [-0.4, -0.2) is 11.9 Å². The molecule has 0 fully saturated rings. The number of esters is 2. The molecule has 1 aliphatic rings. The van der Waals surface area contributed by atoms with Crippen LogP contribution in [0.25, 0.3) is 0 Å². The van der Waals surface area contributed by atoms with E-state index in [0.717, 1.165) is 0 Å². The molecule has 2 aromatic carbocycles. The largest absolute Gasteiger partial charge is 0.386 e. The first kappa shape index (κ1) is 15.6. The van der Waals surface area contributed by atoms with Gasteiger partial charge in [-0.05, 0) is 19.1 Å². The van der Waals surface area contributed by atoms with Crippen molar-refractivity contribution in [3.63, 3.8) is 0 Å². The highest BCUT2D eigenvalue weighted by Gasteiger charge is 2.28. The Morgan fingerprint density at radius 2 is 1.10 bits per heavy atom. The lowest BCUT2D eigenvalue weighted by molar-refractivity contribution is 0.0444. The zero-order valence-electron chi connectivity index (χ0n) is 11.9. The van der Waals surface area contributed by atoms with E-state index < -0.39 is 11.9 Å². The lowest BCUT2D eigenvalue weighted by Gasteiger charge is -1.86. The molecule has 3 nitrogen and oxygen atoms in total. The van der Waals surface area contributed by atoms with E-state index in [-0.39, 0.29) is 0 Å². The van der Waals surface area contributed by atoms with Gasteiger partial charge in [0.05, 0.1) is 11.1 Å². The average Bonchev–Trinajstić information content (AvgIpc) is 2.78. The molecule has 2 aromatic rings. The second-order valence-electron chi connectivity index (χ2n) is 3.88. The Labute approximate surface area is 119 Å². The maximum absolute atomic E-state index is 10.8. The molecule has 0 spiro atoms. The number of ether oxygens (including phenoxy) is 1. The molecule has 0 aliphatic carbocycles. The number of fused-ring (bicyclic) bond motifs is 1. The SMILES string of the molecule is CC.Cc1ccccc1.O=C1OC(=O)c2ccccc21. The van der Waals surface area contributed by atoms with Crippen LogP contribution in [0, 0.1) is 6.92 Å². The predicted molar refractivity (Wildman–Crippen MR) is 78.7 cm³/mol. The van der Waals surface area contributed by atoms with Crippen LogP contribution in [0.3, 0.4) is 0 Å². The number of benzene rings is 2. The molecular weight excluding hydrogens is 252 g/mol. The van der Waals surface area contributed by atoms with E-state index in [4.69, 9.17) is 0 Å². The maximum atomic E-state index is 10.8. The maximum Gasteiger partial charge on any atom is 0.346 e. The van der Waals surface area contributed by atoms with Crippen LogP contribution in [-0.2, 0) is 4.74 Å². The Morgan fingerprint density at radius 3 is 1.45 bits per heavy atom. The van der Waals surface area contributed by atoms with E-state index in [1.165, 1.54) is 5.56 Å². The number of aryl methyl sites for hydroxylation is 1. The monoisotopic (exact) mass is 270 g/mol. The van der Waals surface area contributed by atoms with Crippen molar-refractivity contribution in [2.24, 2.45) is 0 Å². The molecule has 104 valence electrons. The molecule has 0 saturated heterocycles. The summed E-state index contributed by atoms with van der Waals surface area (Å²) in [5, 5.41) is 0. The Hall–Kier alpha value is -2.42. The summed E-state index contributed by atoms with van der Waals surface area (Å²) in [6.45, 7) is 6.08. The van der Waals surface area contributed by atoms with Crippen LogP contribution < -0.4 is 0 Å². The molecule has 3 heteroatoms. The normalized spacial score (nSPS) is 11.3. The third kappa shape index (κ3) is 4.05. The molecule has 0 saturated carbocycles. The first-order valence-electron chi connectivity index (χ1n) is 6.55. The summed E-state index contributed by atoms with van der Waals surface area (Å²) in [6, 6.07) is 16.8. The highest BCUT2D eigenvalue weighted by Crippen LogP contribution is 2.18. The van der Waals surface area contributed by atoms with E-state index in [2.05, 4.69) is 23.8 Å². The van der Waals surface area contributed by atoms with Crippen molar-refractivity contribution in [3.8, 4) is 0 Å². The minimum Gasteiger partial charge on any atom is -0.386 e. The van der Waals surface area contributed by atoms with Gasteiger partial charge < -0.3 is 4.74 Å². The average molecular weight is 270 g/mol. The second-order valence-corrected chi connectivity index (χ2v) is 3.88. The molecule has 3 rings (SSSR count). The third-order valence-electron chi connectivity index (χ3n) is 2.49. The molecule has 0 amide bonds. The Kier molecular flexibility index (Phi) is 6.17. The molecular formula is C17H18O3. The molecule has 1 aliphatic heterocycles. The molecule has 0 atom stereocenters. The van der Waals surface area contributed by atoms with Gasteiger partial charge in [-0.2, -0.15) is 0 Å². The highest BCUT2D eigenvalue weighted by atomic mass is 16.6. The Balaban J connectivity index is 0.000000193. The standard InChI is InChI=1S/C8H4O3.C7H8.C2H6/c9-7-5-3-1-2-4-6(5)8(10)11-7;1-7-5-3-2-4-6-7;1-2/h1-4H;2-6H,1H3;1-2H3. The van der Waals surface area contributed by atoms with E-state index in [0.29, 0.717) is 11.1 Å². The van der Waals surface area contributed by atoms with Crippen molar-refractivity contribution in [2.75, 3.05) is 0 Å². The van der Waals surface area contributed by atoms with Gasteiger partial charge in [0.25, 0.3) is 0 Å². The summed E-state index contributed by atoms with van der Waals surface area (Å²) >= 11 is 0. The minimum absolute atomic E-state index is 0.359. The zero-order chi connectivity index (χ0) is 15.0. The van der Waals surface area contributed by atoms with Crippen molar-refractivity contribution >= 4 is 11.9 Å². The van der Waals surface area contributed by atoms with Crippen molar-refractivity contribution in [2.45, 2.75) is 20.8 Å². The molecule has 0 aromatic heterocycles. The molecule has 0 bridgehead atoms. The number of carbonyl (C=O) groups is 2. The number of hydrogen-bond acceptors (Lipinski definition) is 3. The molecule has 1 heterocycles. The van der Waals surface area contributed by atoms with E-state index in [1.807, 2.05) is 32.0 Å². The third-order valence-corrected chi connectivity index (χ3v) is 2.49. The summed E-state index contributed by atoms with van der Waals surface area (Å²) in [6.07, 6.45) is 0. The van der Waals surface area contributed by atoms with Crippen molar-refractivity contribution < 1.29 is 14.3 Å². The smallest absolute Gasteiger partial charge is 0.346 e. The molecule has 0 N–H and O–H groups in total. The number of cyclic esters (lactones) is 2. The van der Waals surface area contributed by atoms with Crippen molar-refractivity contribution in [1.29, 1.82) is 0 Å². The van der Waals surface area contributed by atoms with Gasteiger partial charge in [0.15, 0.2) is 0 Å². The molecule has 0 unspecified atom stereocenters. The van der Waals surface area contributed by atoms with Gasteiger partial charge in [0, 0.05) is 0 Å². The van der Waals surface area contributed by atoms with Crippen LogP contribution in [0.4, 0.5) is 0 Å². The summed E-state index contributed by atoms with van der Waals surface area (Å²) < 4.78 is 4.35. The number of carbonyl (C=O) groups excluding carboxylic acids is 2. The zero-order valence-corrected chi connectivity index (χ0v) is 11.9. The number of hydrogen-bond donors (Lipinski definition) is 0. The Morgan fingerprint density at radius 1 is 0.700 bits per heavy atom. The van der Waals surface area contributed by atoms with Crippen molar-refractivity contribution in [1.82, 2.24) is 0 Å². The van der Waals surface area contributed by atoms with Gasteiger partial charge in [-0.3, -0.25) is 0 Å². The van der Waals surface area contributed by atoms with Crippen LogP contribution in [0.5, 0.6) is 0 Å². The first-order chi connectivity index (χ1) is 9.68. The van der Waals surface area contributed by atoms with Crippen LogP contribution in [0.1, 0.15) is 40.1 Å². The second kappa shape index (κ2) is 7.89. The van der Waals surface area contributed by atoms with E-state index in [1.54, 1.807) is 24.3 Å². The number of rotatable bonds is 0. The van der Waals surface area contributed by atoms with Crippen LogP contribution in [0.15, 0.2) is 54.6 Å². The first-order valence-corrected chi connectivity index (χ1v) is 6.55. The highest BCUT2D eigenvalue weighted by molar-refractivity contribution is 6.14. The fourth-order valence-electron chi connectivity index (χ4n) is 1.57. The van der Waals surface area contributed by atoms with Gasteiger partial charge in [0.2, 0.25) is 0 Å². The van der Waals surface area contributed by atoms with Crippen molar-refractivity contribution in [3.05, 3.63) is 71.3 Å². The predicted octanol–water partition coefficient (Wildman–Crippen LogP) is 4.02. The summed E-state index contributed by atoms with van der Waals surface area (Å²) in [4.78, 5) is 21.7. The summed E-state index contributed by atoms with van der Waals surface area (Å²) in [5.74, 6) is -1.10. The van der Waals surface area contributed by atoms with Gasteiger partial charge >= 0.3 is 11.9 Å². The lowest BCUT2D eigenvalue weighted by Crippen LogP contribution is -1.96. The fourth-order valence-corrected chi connectivity index (χ4v) is 1.57. The van der Waals surface area contributed by atoms with E-state index >= 15 is 0 Å². The lowest BCUT2D eigenvalue weighted by atomic mass is 10.1. The van der Waals surface area contributed by atoms with Crippen LogP contribution in [0.2, 0.25) is 0 Å². The Bertz CT molecular complexity index is 541. The summed E-state index contributed by atoms with van der Waals surface area (Å²) in [5.41, 5.74) is 2.04. The van der Waals surface area contributed by atoms with Gasteiger partial charge in [-0.1, -0.05) is 61.9 Å². The van der Waals surface area contributed by atoms with E-state index in [9.17, 15) is 9.59 Å².